The van der Waals surface area contributed by atoms with Crippen LogP contribution >= 0.6 is 0 Å². The molecule has 1 aromatic heterocycles. The van der Waals surface area contributed by atoms with Crippen molar-refractivity contribution in [1.82, 2.24) is 4.98 Å². The van der Waals surface area contributed by atoms with Crippen LogP contribution in [0.2, 0.25) is 0 Å². The predicted octanol–water partition coefficient (Wildman–Crippen LogP) is 1.49. The minimum atomic E-state index is 0.333. The number of pyridine rings is 1. The predicted molar refractivity (Wildman–Crippen MR) is 42.6 cm³/mol. The fourth-order valence-electron chi connectivity index (χ4n) is 0.934. The van der Waals surface area contributed by atoms with Gasteiger partial charge in [0, 0.05) is 12.4 Å². The summed E-state index contributed by atoms with van der Waals surface area (Å²) in [6.07, 6.45) is 5.70. The van der Waals surface area contributed by atoms with Crippen molar-refractivity contribution in [2.75, 3.05) is 0 Å². The Bertz CT molecular complexity index is 326. The number of hydrogen-bond acceptors (Lipinski definition) is 3. The first kappa shape index (κ1) is 7.11. The lowest BCUT2D eigenvalue weighted by Crippen LogP contribution is -1.98. The van der Waals surface area contributed by atoms with E-state index in [9.17, 15) is 0 Å². The molecule has 0 saturated heterocycles. The molecule has 0 spiro atoms. The lowest BCUT2D eigenvalue weighted by Gasteiger charge is -2.03. The molecule has 0 unspecified atom stereocenters. The number of aromatic nitrogens is 1. The highest BCUT2D eigenvalue weighted by molar-refractivity contribution is 5.40. The van der Waals surface area contributed by atoms with Crippen molar-refractivity contribution in [3.8, 4) is 11.8 Å². The van der Waals surface area contributed by atoms with Gasteiger partial charge in [-0.15, -0.1) is 0 Å². The first-order chi connectivity index (χ1) is 5.90. The molecule has 1 aromatic rings. The van der Waals surface area contributed by atoms with Gasteiger partial charge in [-0.2, -0.15) is 5.26 Å². The van der Waals surface area contributed by atoms with Crippen LogP contribution in [-0.2, 0) is 0 Å². The highest BCUT2D eigenvalue weighted by Crippen LogP contribution is 2.27. The minimum absolute atomic E-state index is 0.333. The molecule has 0 atom stereocenters. The number of hydrogen-bond donors (Lipinski definition) is 0. The van der Waals surface area contributed by atoms with E-state index in [1.807, 2.05) is 6.07 Å². The molecular weight excluding hydrogens is 152 g/mol. The molecule has 0 aliphatic heterocycles. The van der Waals surface area contributed by atoms with Crippen LogP contribution in [-0.4, -0.2) is 11.1 Å². The van der Waals surface area contributed by atoms with Crippen LogP contribution in [0.5, 0.6) is 5.75 Å². The molecule has 0 aromatic carbocycles. The molecule has 2 rings (SSSR count). The van der Waals surface area contributed by atoms with E-state index in [0.717, 1.165) is 12.8 Å². The van der Waals surface area contributed by atoms with Crippen molar-refractivity contribution >= 4 is 0 Å². The first-order valence-corrected chi connectivity index (χ1v) is 3.91. The fourth-order valence-corrected chi connectivity index (χ4v) is 0.934. The fraction of sp³-hybridized carbons (Fsp3) is 0.333. The Morgan fingerprint density at radius 2 is 2.42 bits per heavy atom. The van der Waals surface area contributed by atoms with Crippen molar-refractivity contribution < 1.29 is 4.74 Å². The van der Waals surface area contributed by atoms with Gasteiger partial charge in [0.1, 0.15) is 17.4 Å². The molecule has 3 nitrogen and oxygen atoms in total. The third-order valence-corrected chi connectivity index (χ3v) is 1.72. The zero-order valence-electron chi connectivity index (χ0n) is 6.53. The van der Waals surface area contributed by atoms with Crippen molar-refractivity contribution in [3.63, 3.8) is 0 Å². The van der Waals surface area contributed by atoms with E-state index in [-0.39, 0.29) is 0 Å². The molecular formula is C9H8N2O. The highest BCUT2D eigenvalue weighted by atomic mass is 16.5. The first-order valence-electron chi connectivity index (χ1n) is 3.91. The van der Waals surface area contributed by atoms with Gasteiger partial charge >= 0.3 is 0 Å². The highest BCUT2D eigenvalue weighted by Gasteiger charge is 2.24. The van der Waals surface area contributed by atoms with Crippen LogP contribution in [0.4, 0.5) is 0 Å². The molecule has 1 heterocycles. The van der Waals surface area contributed by atoms with Crippen molar-refractivity contribution in [1.29, 1.82) is 5.26 Å². The Morgan fingerprint density at radius 3 is 3.08 bits per heavy atom. The average Bonchev–Trinajstić information content (AvgIpc) is 2.89. The lowest BCUT2D eigenvalue weighted by molar-refractivity contribution is 0.302. The second-order valence-corrected chi connectivity index (χ2v) is 2.80. The summed E-state index contributed by atoms with van der Waals surface area (Å²) in [4.78, 5) is 3.84. The Balaban J connectivity index is 2.22. The van der Waals surface area contributed by atoms with E-state index < -0.39 is 0 Å². The number of rotatable bonds is 2. The molecule has 0 N–H and O–H groups in total. The monoisotopic (exact) mass is 160 g/mol. The quantitative estimate of drug-likeness (QED) is 0.658. The Kier molecular flexibility index (Phi) is 1.67. The molecule has 0 bridgehead atoms. The van der Waals surface area contributed by atoms with E-state index in [0.29, 0.717) is 17.4 Å². The zero-order valence-corrected chi connectivity index (χ0v) is 6.53. The van der Waals surface area contributed by atoms with Gasteiger partial charge in [-0.1, -0.05) is 0 Å². The van der Waals surface area contributed by atoms with Crippen molar-refractivity contribution in [2.45, 2.75) is 18.9 Å². The maximum atomic E-state index is 8.68. The van der Waals surface area contributed by atoms with Crippen LogP contribution < -0.4 is 4.74 Å². The van der Waals surface area contributed by atoms with E-state index in [1.54, 1.807) is 12.3 Å². The average molecular weight is 160 g/mol. The molecule has 3 heteroatoms. The van der Waals surface area contributed by atoms with Gasteiger partial charge in [-0.25, -0.2) is 0 Å². The third kappa shape index (κ3) is 1.37. The van der Waals surface area contributed by atoms with Crippen LogP contribution in [0, 0.1) is 11.3 Å². The number of nitriles is 1. The van der Waals surface area contributed by atoms with Crippen LogP contribution in [0.3, 0.4) is 0 Å². The molecule has 0 radical (unpaired) electrons. The van der Waals surface area contributed by atoms with Gasteiger partial charge < -0.3 is 4.74 Å². The second-order valence-electron chi connectivity index (χ2n) is 2.80. The van der Waals surface area contributed by atoms with E-state index in [2.05, 4.69) is 4.98 Å². The number of ether oxygens (including phenoxy) is 1. The van der Waals surface area contributed by atoms with E-state index in [1.165, 1.54) is 6.20 Å². The molecule has 1 aliphatic carbocycles. The molecule has 1 aliphatic rings. The third-order valence-electron chi connectivity index (χ3n) is 1.72. The SMILES string of the molecule is N#Cc1cnccc1OC1CC1. The van der Waals surface area contributed by atoms with Gasteiger partial charge in [0.05, 0.1) is 6.10 Å². The standard InChI is InChI=1S/C9H8N2O/c10-5-7-6-11-4-3-9(7)12-8-1-2-8/h3-4,6,8H,1-2H2. The summed E-state index contributed by atoms with van der Waals surface area (Å²) in [5.41, 5.74) is 0.518. The summed E-state index contributed by atoms with van der Waals surface area (Å²) in [6.45, 7) is 0. The lowest BCUT2D eigenvalue weighted by atomic mass is 10.3. The summed E-state index contributed by atoms with van der Waals surface area (Å²) in [6, 6.07) is 3.77. The van der Waals surface area contributed by atoms with Crippen molar-refractivity contribution in [3.05, 3.63) is 24.0 Å². The summed E-state index contributed by atoms with van der Waals surface area (Å²) >= 11 is 0. The van der Waals surface area contributed by atoms with Gasteiger partial charge in [-0.05, 0) is 18.9 Å². The van der Waals surface area contributed by atoms with Crippen molar-refractivity contribution in [2.24, 2.45) is 0 Å². The summed E-state index contributed by atoms with van der Waals surface area (Å²) in [7, 11) is 0. The molecule has 0 amide bonds. The maximum absolute atomic E-state index is 8.68. The van der Waals surface area contributed by atoms with Gasteiger partial charge in [0.2, 0.25) is 0 Å². The smallest absolute Gasteiger partial charge is 0.140 e. The van der Waals surface area contributed by atoms with Gasteiger partial charge in [-0.3, -0.25) is 4.98 Å². The molecule has 1 fully saturated rings. The van der Waals surface area contributed by atoms with Gasteiger partial charge in [0.15, 0.2) is 0 Å². The Hall–Kier alpha value is -1.56. The number of nitrogens with zero attached hydrogens (tertiary/aromatic N) is 2. The topological polar surface area (TPSA) is 45.9 Å². The maximum Gasteiger partial charge on any atom is 0.140 e. The summed E-state index contributed by atoms with van der Waals surface area (Å²) in [5.74, 6) is 0.662. The van der Waals surface area contributed by atoms with Gasteiger partial charge in [0.25, 0.3) is 0 Å². The van der Waals surface area contributed by atoms with E-state index in [4.69, 9.17) is 10.00 Å². The largest absolute Gasteiger partial charge is 0.489 e. The normalized spacial score (nSPS) is 15.2. The Morgan fingerprint density at radius 1 is 1.58 bits per heavy atom. The van der Waals surface area contributed by atoms with Crippen LogP contribution in [0.15, 0.2) is 18.5 Å². The second kappa shape index (κ2) is 2.82. The van der Waals surface area contributed by atoms with E-state index >= 15 is 0 Å². The summed E-state index contributed by atoms with van der Waals surface area (Å²) < 4.78 is 5.48. The molecule has 1 saturated carbocycles. The van der Waals surface area contributed by atoms with Crippen LogP contribution in [0.1, 0.15) is 18.4 Å². The van der Waals surface area contributed by atoms with Crippen LogP contribution in [0.25, 0.3) is 0 Å². The molecule has 12 heavy (non-hydrogen) atoms. The molecule has 60 valence electrons. The summed E-state index contributed by atoms with van der Waals surface area (Å²) in [5, 5.41) is 8.68. The zero-order chi connectivity index (χ0) is 8.39. The Labute approximate surface area is 70.6 Å². The minimum Gasteiger partial charge on any atom is -0.489 e.